The summed E-state index contributed by atoms with van der Waals surface area (Å²) in [6.07, 6.45) is 0. The lowest BCUT2D eigenvalue weighted by Gasteiger charge is -2.15. The van der Waals surface area contributed by atoms with Gasteiger partial charge < -0.3 is 19.3 Å². The lowest BCUT2D eigenvalue weighted by Crippen LogP contribution is -2.19. The van der Waals surface area contributed by atoms with Crippen LogP contribution in [-0.2, 0) is 14.3 Å². The Balaban J connectivity index is 1.87. The smallest absolute Gasteiger partial charge is 0.357 e. The largest absolute Gasteiger partial charge is 0.497 e. The number of carbonyl (C=O) groups is 2. The second-order valence-corrected chi connectivity index (χ2v) is 7.61. The van der Waals surface area contributed by atoms with Gasteiger partial charge in [0.05, 0.1) is 13.7 Å². The molecule has 2 aromatic rings. The highest BCUT2D eigenvalue weighted by Crippen LogP contribution is 2.56. The molecule has 0 aromatic heterocycles. The summed E-state index contributed by atoms with van der Waals surface area (Å²) in [4.78, 5) is 30.5. The topological polar surface area (TPSA) is 94.4 Å². The van der Waals surface area contributed by atoms with Gasteiger partial charge >= 0.3 is 11.9 Å². The molecule has 8 heteroatoms. The molecule has 2 aliphatic heterocycles. The number of carboxylic acid groups (broad SMARTS) is 1. The molecular weight excluding hydrogens is 406 g/mol. The van der Waals surface area contributed by atoms with Crippen molar-refractivity contribution in [3.63, 3.8) is 0 Å². The molecule has 0 saturated carbocycles. The number of thioether (sulfide) groups is 1. The minimum atomic E-state index is -1.10. The van der Waals surface area contributed by atoms with Gasteiger partial charge in [-0.3, -0.25) is 4.99 Å². The number of methoxy groups -OCH3 is 1. The van der Waals surface area contributed by atoms with Crippen LogP contribution in [0.2, 0.25) is 0 Å². The number of aliphatic imine (C=N–C) groups is 1. The van der Waals surface area contributed by atoms with Crippen molar-refractivity contribution in [3.8, 4) is 11.5 Å². The van der Waals surface area contributed by atoms with Crippen molar-refractivity contribution in [1.82, 2.24) is 0 Å². The molecule has 7 nitrogen and oxygen atoms in total. The molecule has 154 valence electrons. The quantitative estimate of drug-likeness (QED) is 0.676. The van der Waals surface area contributed by atoms with Gasteiger partial charge in [-0.1, -0.05) is 30.0 Å². The van der Waals surface area contributed by atoms with E-state index in [1.54, 1.807) is 36.9 Å². The summed E-state index contributed by atoms with van der Waals surface area (Å²) in [6, 6.07) is 12.7. The molecule has 0 amide bonds. The number of fused-ring (bicyclic) bond motifs is 3. The van der Waals surface area contributed by atoms with Crippen molar-refractivity contribution < 1.29 is 28.9 Å². The lowest BCUT2D eigenvalue weighted by molar-refractivity contribution is -0.139. The number of carbonyl (C=O) groups excluding carboxylic acids is 1. The van der Waals surface area contributed by atoms with Crippen LogP contribution >= 0.6 is 11.8 Å². The van der Waals surface area contributed by atoms with Crippen molar-refractivity contribution in [2.24, 2.45) is 4.99 Å². The molecule has 0 bridgehead atoms. The van der Waals surface area contributed by atoms with Crippen molar-refractivity contribution >= 4 is 35.0 Å². The third kappa shape index (κ3) is 3.54. The summed E-state index contributed by atoms with van der Waals surface area (Å²) in [6.45, 7) is 1.44. The third-order valence-electron chi connectivity index (χ3n) is 4.70. The molecule has 1 atom stereocenters. The van der Waals surface area contributed by atoms with Crippen LogP contribution in [-0.4, -0.2) is 43.1 Å². The van der Waals surface area contributed by atoms with Crippen LogP contribution in [0.5, 0.6) is 11.5 Å². The second kappa shape index (κ2) is 8.23. The number of hydrogen-bond acceptors (Lipinski definition) is 7. The summed E-state index contributed by atoms with van der Waals surface area (Å²) >= 11 is 1.55. The summed E-state index contributed by atoms with van der Waals surface area (Å²) < 4.78 is 16.0. The molecule has 30 heavy (non-hydrogen) atoms. The van der Waals surface area contributed by atoms with Crippen molar-refractivity contribution in [1.29, 1.82) is 0 Å². The van der Waals surface area contributed by atoms with Crippen LogP contribution in [0.25, 0.3) is 5.57 Å². The van der Waals surface area contributed by atoms with Gasteiger partial charge in [0.1, 0.15) is 17.5 Å². The van der Waals surface area contributed by atoms with Crippen LogP contribution in [0.1, 0.15) is 24.1 Å². The van der Waals surface area contributed by atoms with Crippen molar-refractivity contribution in [2.45, 2.75) is 17.9 Å². The van der Waals surface area contributed by atoms with Gasteiger partial charge in [-0.25, -0.2) is 9.59 Å². The summed E-state index contributed by atoms with van der Waals surface area (Å²) in [5.74, 6) is -0.815. The van der Waals surface area contributed by atoms with E-state index in [9.17, 15) is 9.59 Å². The van der Waals surface area contributed by atoms with E-state index in [0.29, 0.717) is 22.6 Å². The van der Waals surface area contributed by atoms with E-state index in [2.05, 4.69) is 0 Å². The van der Waals surface area contributed by atoms with Gasteiger partial charge in [-0.2, -0.15) is 0 Å². The molecule has 2 aromatic carbocycles. The van der Waals surface area contributed by atoms with E-state index in [1.165, 1.54) is 7.11 Å². The van der Waals surface area contributed by atoms with Gasteiger partial charge in [0.2, 0.25) is 0 Å². The third-order valence-corrected chi connectivity index (χ3v) is 5.94. The van der Waals surface area contributed by atoms with Gasteiger partial charge in [-0.15, -0.1) is 0 Å². The Bertz CT molecular complexity index is 1090. The van der Waals surface area contributed by atoms with Gasteiger partial charge in [-0.05, 0) is 30.7 Å². The standard InChI is InChI=1S/C22H19NO6S/c1-3-28-22(26)20-18(21-19(23-20)14-6-4-5-7-16(14)30-21)13-9-8-12(27-2)10-15(13)29-11-17(24)25/h4-10,19H,3,11H2,1-2H3,(H,24,25). The van der Waals surface area contributed by atoms with E-state index in [1.807, 2.05) is 24.3 Å². The van der Waals surface area contributed by atoms with Crippen LogP contribution < -0.4 is 9.47 Å². The van der Waals surface area contributed by atoms with E-state index < -0.39 is 18.5 Å². The number of rotatable bonds is 7. The van der Waals surface area contributed by atoms with Crippen molar-refractivity contribution in [2.75, 3.05) is 20.3 Å². The number of carboxylic acids is 1. The fourth-order valence-electron chi connectivity index (χ4n) is 3.45. The Morgan fingerprint density at radius 1 is 1.20 bits per heavy atom. The highest BCUT2D eigenvalue weighted by Gasteiger charge is 2.40. The number of benzene rings is 2. The normalized spacial score (nSPS) is 16.6. The maximum atomic E-state index is 12.7. The maximum absolute atomic E-state index is 12.7. The second-order valence-electron chi connectivity index (χ2n) is 6.52. The SMILES string of the molecule is CCOC(=O)C1=NC2C(=C1c1ccc(OC)cc1OCC(=O)O)Sc1ccccc12. The van der Waals surface area contributed by atoms with Crippen LogP contribution in [0.4, 0.5) is 0 Å². The zero-order valence-corrected chi connectivity index (χ0v) is 17.2. The first-order chi connectivity index (χ1) is 14.5. The van der Waals surface area contributed by atoms with Crippen LogP contribution in [0.15, 0.2) is 57.3 Å². The molecule has 0 saturated heterocycles. The molecule has 0 fully saturated rings. The van der Waals surface area contributed by atoms with Crippen LogP contribution in [0.3, 0.4) is 0 Å². The Hall–Kier alpha value is -3.26. The van der Waals surface area contributed by atoms with Gasteiger partial charge in [0.25, 0.3) is 0 Å². The molecule has 4 rings (SSSR count). The minimum Gasteiger partial charge on any atom is -0.497 e. The molecular formula is C22H19NO6S. The van der Waals surface area contributed by atoms with E-state index in [-0.39, 0.29) is 18.4 Å². The first-order valence-corrected chi connectivity index (χ1v) is 10.1. The fourth-order valence-corrected chi connectivity index (χ4v) is 4.73. The summed E-state index contributed by atoms with van der Waals surface area (Å²) in [7, 11) is 1.51. The Morgan fingerprint density at radius 2 is 2.00 bits per heavy atom. The molecule has 1 unspecified atom stereocenters. The van der Waals surface area contributed by atoms with Gasteiger partial charge in [0, 0.05) is 27.0 Å². The predicted octanol–water partition coefficient (Wildman–Crippen LogP) is 3.73. The van der Waals surface area contributed by atoms with E-state index in [0.717, 1.165) is 15.4 Å². The number of nitrogens with zero attached hydrogens (tertiary/aromatic N) is 1. The Labute approximate surface area is 177 Å². The zero-order valence-electron chi connectivity index (χ0n) is 16.4. The predicted molar refractivity (Wildman–Crippen MR) is 112 cm³/mol. The minimum absolute atomic E-state index is 0.212. The Kier molecular flexibility index (Phi) is 5.50. The molecule has 0 spiro atoms. The van der Waals surface area contributed by atoms with Crippen LogP contribution in [0, 0.1) is 0 Å². The summed E-state index contributed by atoms with van der Waals surface area (Å²) in [5, 5.41) is 9.07. The molecule has 2 aliphatic rings. The number of aliphatic carboxylic acids is 1. The first-order valence-electron chi connectivity index (χ1n) is 9.32. The molecule has 2 heterocycles. The molecule has 0 radical (unpaired) electrons. The Morgan fingerprint density at radius 3 is 2.73 bits per heavy atom. The summed E-state index contributed by atoms with van der Waals surface area (Å²) in [5.41, 5.74) is 2.41. The number of ether oxygens (including phenoxy) is 3. The highest BCUT2D eigenvalue weighted by molar-refractivity contribution is 8.03. The van der Waals surface area contributed by atoms with Gasteiger partial charge in [0.15, 0.2) is 12.3 Å². The molecule has 1 N–H and O–H groups in total. The maximum Gasteiger partial charge on any atom is 0.357 e. The highest BCUT2D eigenvalue weighted by atomic mass is 32.2. The zero-order chi connectivity index (χ0) is 21.3. The number of esters is 1. The van der Waals surface area contributed by atoms with Crippen molar-refractivity contribution in [3.05, 3.63) is 58.5 Å². The van der Waals surface area contributed by atoms with E-state index in [4.69, 9.17) is 24.3 Å². The number of hydrogen-bond donors (Lipinski definition) is 1. The average Bonchev–Trinajstić information content (AvgIpc) is 3.28. The fraction of sp³-hybridized carbons (Fsp3) is 0.227. The van der Waals surface area contributed by atoms with E-state index >= 15 is 0 Å². The average molecular weight is 425 g/mol. The monoisotopic (exact) mass is 425 g/mol. The first kappa shape index (κ1) is 20.0. The lowest BCUT2D eigenvalue weighted by atomic mass is 9.98. The molecule has 0 aliphatic carbocycles.